The topological polar surface area (TPSA) is 24.5 Å². The molecule has 1 N–H and O–H groups in total. The number of nitrogens with one attached hydrogen (secondary N) is 1. The van der Waals surface area contributed by atoms with Gasteiger partial charge in [-0.25, -0.2) is 0 Å². The monoisotopic (exact) mass is 220 g/mol. The highest BCUT2D eigenvalue weighted by Crippen LogP contribution is 2.14. The molecule has 0 aromatic carbocycles. The quantitative estimate of drug-likeness (QED) is 0.703. The Morgan fingerprint density at radius 3 is 1.85 bits per heavy atom. The minimum Gasteiger partial charge on any atom is -0.398 e. The summed E-state index contributed by atoms with van der Waals surface area (Å²) in [4.78, 5) is 3.32. The van der Waals surface area contributed by atoms with Crippen molar-refractivity contribution in [1.29, 1.82) is 0 Å². The van der Waals surface area contributed by atoms with Gasteiger partial charge >= 0.3 is 9.36 Å². The van der Waals surface area contributed by atoms with Gasteiger partial charge in [-0.2, -0.15) is 0 Å². The van der Waals surface area contributed by atoms with E-state index in [1.165, 1.54) is 0 Å². The van der Waals surface area contributed by atoms with Gasteiger partial charge in [0.25, 0.3) is 0 Å². The fourth-order valence-electron chi connectivity index (χ4n) is 1.77. The Bertz CT molecular complexity index is 144. The van der Waals surface area contributed by atoms with Gasteiger partial charge in [0.15, 0.2) is 0 Å². The minimum absolute atomic E-state index is 0.579. The molecule has 0 aliphatic heterocycles. The van der Waals surface area contributed by atoms with Crippen LogP contribution in [0.4, 0.5) is 0 Å². The summed E-state index contributed by atoms with van der Waals surface area (Å²) in [6, 6.07) is 0.579. The van der Waals surface area contributed by atoms with Gasteiger partial charge in [-0.1, -0.05) is 33.5 Å². The van der Waals surface area contributed by atoms with Gasteiger partial charge in [-0.15, -0.1) is 0 Å². The molecule has 0 bridgehead atoms. The third-order valence-electron chi connectivity index (χ3n) is 2.05. The maximum Gasteiger partial charge on any atom is 0.330 e. The summed E-state index contributed by atoms with van der Waals surface area (Å²) in [5, 5.41) is 0. The molecule has 80 valence electrons. The first kappa shape index (κ1) is 13.3. The Balaban J connectivity index is 4.59. The minimum atomic E-state index is -1.34. The van der Waals surface area contributed by atoms with Gasteiger partial charge in [0.1, 0.15) is 8.24 Å². The molecule has 0 aromatic rings. The number of rotatable bonds is 5. The van der Waals surface area contributed by atoms with Crippen LogP contribution in [0, 0.1) is 0 Å². The zero-order valence-corrected chi connectivity index (χ0v) is 12.2. The van der Waals surface area contributed by atoms with E-state index in [0.29, 0.717) is 6.04 Å². The maximum absolute atomic E-state index is 5.54. The van der Waals surface area contributed by atoms with Crippen LogP contribution in [-0.2, 0) is 4.43 Å². The number of nitrogens with zero attached hydrogens (tertiary/aromatic N) is 1. The molecule has 0 aromatic heterocycles. The predicted octanol–water partition coefficient (Wildman–Crippen LogP) is 1.11. The summed E-state index contributed by atoms with van der Waals surface area (Å²) in [5.74, 6) is 0. The molecule has 13 heavy (non-hydrogen) atoms. The van der Waals surface area contributed by atoms with Crippen molar-refractivity contribution in [1.82, 2.24) is 9.21 Å². The van der Waals surface area contributed by atoms with E-state index in [1.807, 2.05) is 14.2 Å². The summed E-state index contributed by atoms with van der Waals surface area (Å²) < 4.78 is 8.11. The molecular weight excluding hydrogens is 196 g/mol. The van der Waals surface area contributed by atoms with Crippen LogP contribution in [0.3, 0.4) is 0 Å². The zero-order valence-electron chi connectivity index (χ0n) is 10.0. The largest absolute Gasteiger partial charge is 0.398 e. The normalized spacial score (nSPS) is 15.5. The van der Waals surface area contributed by atoms with E-state index in [-0.39, 0.29) is 0 Å². The highest BCUT2D eigenvalue weighted by atomic mass is 28.4. The van der Waals surface area contributed by atoms with Gasteiger partial charge in [0.05, 0.1) is 0 Å². The third-order valence-corrected chi connectivity index (χ3v) is 9.19. The Hall–Kier alpha value is 0.314. The molecule has 0 heterocycles. The summed E-state index contributed by atoms with van der Waals surface area (Å²) in [6.07, 6.45) is 0. The molecule has 0 radical (unpaired) electrons. The summed E-state index contributed by atoms with van der Waals surface area (Å²) in [5.41, 5.74) is 0. The molecular formula is C8H24N2OSi2. The zero-order chi connectivity index (χ0) is 10.6. The van der Waals surface area contributed by atoms with Crippen LogP contribution >= 0.6 is 0 Å². The van der Waals surface area contributed by atoms with Crippen LogP contribution < -0.4 is 4.98 Å². The first-order chi connectivity index (χ1) is 5.84. The molecule has 5 heteroatoms. The van der Waals surface area contributed by atoms with Crippen LogP contribution in [0.1, 0.15) is 13.8 Å². The molecule has 0 amide bonds. The van der Waals surface area contributed by atoms with Crippen LogP contribution in [0.15, 0.2) is 0 Å². The smallest absolute Gasteiger partial charge is 0.330 e. The summed E-state index contributed by atoms with van der Waals surface area (Å²) in [6.45, 7) is 11.6. The van der Waals surface area contributed by atoms with E-state index in [9.17, 15) is 0 Å². The van der Waals surface area contributed by atoms with Gasteiger partial charge < -0.3 is 13.6 Å². The molecule has 0 rings (SSSR count). The van der Waals surface area contributed by atoms with E-state index in [2.05, 4.69) is 42.7 Å². The van der Waals surface area contributed by atoms with Crippen molar-refractivity contribution in [2.45, 2.75) is 39.5 Å². The molecule has 1 unspecified atom stereocenters. The van der Waals surface area contributed by atoms with Crippen molar-refractivity contribution in [3.05, 3.63) is 0 Å². The first-order valence-electron chi connectivity index (χ1n) is 4.83. The molecule has 0 aliphatic rings. The Kier molecular flexibility index (Phi) is 5.38. The molecule has 3 nitrogen and oxygen atoms in total. The van der Waals surface area contributed by atoms with Crippen LogP contribution in [0.2, 0.25) is 19.6 Å². The van der Waals surface area contributed by atoms with Gasteiger partial charge in [0, 0.05) is 7.11 Å². The van der Waals surface area contributed by atoms with E-state index < -0.39 is 17.6 Å². The van der Waals surface area contributed by atoms with Crippen LogP contribution in [0.5, 0.6) is 0 Å². The fraction of sp³-hybridized carbons (Fsp3) is 1.00. The third kappa shape index (κ3) is 3.91. The second-order valence-corrected chi connectivity index (χ2v) is 12.2. The lowest BCUT2D eigenvalue weighted by Crippen LogP contribution is -2.63. The Morgan fingerprint density at radius 2 is 1.77 bits per heavy atom. The fourth-order valence-corrected chi connectivity index (χ4v) is 8.12. The lowest BCUT2D eigenvalue weighted by Gasteiger charge is -2.41. The molecule has 0 aliphatic carbocycles. The molecule has 0 saturated carbocycles. The van der Waals surface area contributed by atoms with Gasteiger partial charge in [-0.05, 0) is 13.1 Å². The van der Waals surface area contributed by atoms with Gasteiger partial charge in [0.2, 0.25) is 0 Å². The van der Waals surface area contributed by atoms with Crippen molar-refractivity contribution >= 4 is 17.6 Å². The van der Waals surface area contributed by atoms with Crippen molar-refractivity contribution in [3.8, 4) is 0 Å². The predicted molar refractivity (Wildman–Crippen MR) is 63.5 cm³/mol. The lowest BCUT2D eigenvalue weighted by molar-refractivity contribution is 0.338. The van der Waals surface area contributed by atoms with Crippen LogP contribution in [0.25, 0.3) is 0 Å². The van der Waals surface area contributed by atoms with Crippen molar-refractivity contribution < 1.29 is 4.43 Å². The van der Waals surface area contributed by atoms with Crippen molar-refractivity contribution in [3.63, 3.8) is 0 Å². The van der Waals surface area contributed by atoms with Crippen LogP contribution in [-0.4, -0.2) is 42.0 Å². The van der Waals surface area contributed by atoms with Crippen molar-refractivity contribution in [2.75, 3.05) is 14.2 Å². The highest BCUT2D eigenvalue weighted by molar-refractivity contribution is 6.81. The standard InChI is InChI=1S/C8H24N2OSi2/c1-8(2)10(13(5,6)7)12(9-3)11-4/h8-9,12H,1-7H3. The average molecular weight is 220 g/mol. The maximum atomic E-state index is 5.54. The van der Waals surface area contributed by atoms with Gasteiger partial charge in [-0.3, -0.25) is 0 Å². The highest BCUT2D eigenvalue weighted by Gasteiger charge is 2.33. The number of hydrogen-bond donors (Lipinski definition) is 1. The SMILES string of the molecule is CN[SiH](OC)N(C(C)C)[Si](C)(C)C. The van der Waals surface area contributed by atoms with Crippen molar-refractivity contribution in [2.24, 2.45) is 0 Å². The van der Waals surface area contributed by atoms with E-state index in [0.717, 1.165) is 0 Å². The average Bonchev–Trinajstić information content (AvgIpc) is 1.96. The first-order valence-corrected chi connectivity index (χ1v) is 9.84. The molecule has 0 spiro atoms. The second-order valence-electron chi connectivity index (χ2n) is 4.55. The number of hydrogen-bond acceptors (Lipinski definition) is 3. The molecule has 0 fully saturated rings. The summed E-state index contributed by atoms with van der Waals surface area (Å²) in [7, 11) is 1.21. The van der Waals surface area contributed by atoms with E-state index in [1.54, 1.807) is 0 Å². The summed E-state index contributed by atoms with van der Waals surface area (Å²) >= 11 is 0. The molecule has 0 saturated heterocycles. The second kappa shape index (κ2) is 5.26. The van der Waals surface area contributed by atoms with E-state index >= 15 is 0 Å². The lowest BCUT2D eigenvalue weighted by atomic mass is 10.4. The van der Waals surface area contributed by atoms with E-state index in [4.69, 9.17) is 4.43 Å². The Morgan fingerprint density at radius 1 is 1.31 bits per heavy atom. The Labute approximate surface area is 85.4 Å². The molecule has 1 atom stereocenters.